The Labute approximate surface area is 193 Å². The van der Waals surface area contributed by atoms with Gasteiger partial charge in [0.05, 0.1) is 14.4 Å². The molecule has 1 heterocycles. The highest BCUT2D eigenvalue weighted by Crippen LogP contribution is 2.45. The second-order valence-electron chi connectivity index (χ2n) is 5.55. The van der Waals surface area contributed by atoms with Crippen LogP contribution in [-0.4, -0.2) is 35.3 Å². The molecule has 0 aliphatic carbocycles. The summed E-state index contributed by atoms with van der Waals surface area (Å²) in [6.07, 6.45) is 1.42. The fourth-order valence-electron chi connectivity index (χ4n) is 2.31. The lowest BCUT2D eigenvalue weighted by Crippen LogP contribution is -2.24. The van der Waals surface area contributed by atoms with Crippen LogP contribution in [0.25, 0.3) is 0 Å². The normalized spacial score (nSPS) is 14.6. The van der Waals surface area contributed by atoms with E-state index in [9.17, 15) is 9.90 Å². The Hall–Kier alpha value is -0.660. The van der Waals surface area contributed by atoms with E-state index in [0.29, 0.717) is 15.9 Å². The Bertz CT molecular complexity index is 841. The number of hydrogen-bond donors (Lipinski definition) is 2. The summed E-state index contributed by atoms with van der Waals surface area (Å²) in [5.41, 5.74) is 4.23. The number of amides is 1. The highest BCUT2D eigenvalue weighted by atomic mass is 127. The van der Waals surface area contributed by atoms with Crippen LogP contribution in [0, 0.1) is 7.14 Å². The first-order chi connectivity index (χ1) is 13.0. The van der Waals surface area contributed by atoms with Crippen molar-refractivity contribution in [3.63, 3.8) is 0 Å². The first-order valence-corrected chi connectivity index (χ1v) is 12.2. The van der Waals surface area contributed by atoms with Gasteiger partial charge in [-0.25, -0.2) is 5.43 Å². The molecule has 27 heavy (non-hydrogen) atoms. The quantitative estimate of drug-likeness (QED) is 0.279. The lowest BCUT2D eigenvalue weighted by Gasteiger charge is -2.10. The fraction of sp³-hybridized carbons (Fsp3) is 0.222. The van der Waals surface area contributed by atoms with E-state index in [0.717, 1.165) is 7.14 Å². The first-order valence-electron chi connectivity index (χ1n) is 7.99. The predicted molar refractivity (Wildman–Crippen MR) is 129 cm³/mol. The molecule has 3 rings (SSSR count). The maximum Gasteiger partial charge on any atom is 0.277 e. The fourth-order valence-corrected chi connectivity index (χ4v) is 7.06. The minimum Gasteiger partial charge on any atom is -0.506 e. The number of halogens is 2. The molecule has 2 aromatic carbocycles. The van der Waals surface area contributed by atoms with E-state index in [1.54, 1.807) is 6.07 Å². The van der Waals surface area contributed by atoms with E-state index < -0.39 is 0 Å². The third-order valence-corrected chi connectivity index (χ3v) is 8.14. The lowest BCUT2D eigenvalue weighted by molar-refractivity contribution is -0.123. The van der Waals surface area contributed by atoms with Crippen molar-refractivity contribution in [2.75, 3.05) is 18.1 Å². The third-order valence-electron chi connectivity index (χ3n) is 3.59. The van der Waals surface area contributed by atoms with E-state index in [4.69, 9.17) is 4.74 Å². The van der Waals surface area contributed by atoms with Gasteiger partial charge >= 0.3 is 0 Å². The standard InChI is InChI=1S/C18H16I2N2O3S2/c19-13-7-12(17(24)15(20)8-13)9-21-22-16(23)10-25-14-3-1-11(2-4-14)18-26-5-6-27-18/h1-4,7-9,18,24H,5-6,10H2,(H,22,23)/b21-9-. The molecule has 0 radical (unpaired) electrons. The number of phenols is 1. The number of hydrazone groups is 1. The van der Waals surface area contributed by atoms with Crippen molar-refractivity contribution in [1.29, 1.82) is 0 Å². The summed E-state index contributed by atoms with van der Waals surface area (Å²) in [6, 6.07) is 11.5. The molecule has 0 bridgehead atoms. The average molecular weight is 626 g/mol. The summed E-state index contributed by atoms with van der Waals surface area (Å²) >= 11 is 8.11. The number of carbonyl (C=O) groups is 1. The minimum atomic E-state index is -0.364. The zero-order valence-corrected chi connectivity index (χ0v) is 20.0. The SMILES string of the molecule is O=C(COc1ccc(C2SCCS2)cc1)N/N=C\c1cc(I)cc(I)c1O. The Morgan fingerprint density at radius 1 is 1.26 bits per heavy atom. The highest BCUT2D eigenvalue weighted by molar-refractivity contribution is 14.1. The van der Waals surface area contributed by atoms with Gasteiger partial charge in [0.2, 0.25) is 0 Å². The van der Waals surface area contributed by atoms with Gasteiger partial charge in [0.15, 0.2) is 6.61 Å². The summed E-state index contributed by atoms with van der Waals surface area (Å²) in [4.78, 5) is 11.9. The first kappa shape index (κ1) is 21.1. The average Bonchev–Trinajstić information content (AvgIpc) is 3.19. The third kappa shape index (κ3) is 6.16. The molecule has 0 unspecified atom stereocenters. The maximum absolute atomic E-state index is 11.9. The van der Waals surface area contributed by atoms with Crippen molar-refractivity contribution >= 4 is 80.8 Å². The number of rotatable bonds is 6. The van der Waals surface area contributed by atoms with Crippen molar-refractivity contribution in [2.24, 2.45) is 5.10 Å². The molecule has 1 saturated heterocycles. The van der Waals surface area contributed by atoms with Gasteiger partial charge in [-0.15, -0.1) is 23.5 Å². The van der Waals surface area contributed by atoms with Crippen LogP contribution in [0.15, 0.2) is 41.5 Å². The Morgan fingerprint density at radius 3 is 2.67 bits per heavy atom. The number of ether oxygens (including phenoxy) is 1. The van der Waals surface area contributed by atoms with Crippen LogP contribution in [0.1, 0.15) is 15.7 Å². The number of nitrogens with one attached hydrogen (secondary N) is 1. The smallest absolute Gasteiger partial charge is 0.277 e. The monoisotopic (exact) mass is 626 g/mol. The second-order valence-corrected chi connectivity index (χ2v) is 10.7. The second kappa shape index (κ2) is 10.2. The summed E-state index contributed by atoms with van der Waals surface area (Å²) in [6.45, 7) is -0.126. The minimum absolute atomic E-state index is 0.126. The number of thioether (sulfide) groups is 2. The molecule has 0 atom stereocenters. The van der Waals surface area contributed by atoms with Gasteiger partial charge in [-0.2, -0.15) is 5.10 Å². The lowest BCUT2D eigenvalue weighted by atomic mass is 10.2. The number of carbonyl (C=O) groups excluding carboxylic acids is 1. The van der Waals surface area contributed by atoms with E-state index in [-0.39, 0.29) is 18.3 Å². The summed E-state index contributed by atoms with van der Waals surface area (Å²) in [5.74, 6) is 2.80. The van der Waals surface area contributed by atoms with Crippen LogP contribution in [-0.2, 0) is 4.79 Å². The van der Waals surface area contributed by atoms with Crippen molar-refractivity contribution < 1.29 is 14.6 Å². The molecule has 2 aromatic rings. The summed E-state index contributed by atoms with van der Waals surface area (Å²) < 4.78 is 7.70. The van der Waals surface area contributed by atoms with Gasteiger partial charge in [-0.1, -0.05) is 12.1 Å². The highest BCUT2D eigenvalue weighted by Gasteiger charge is 2.18. The van der Waals surface area contributed by atoms with Crippen molar-refractivity contribution in [3.8, 4) is 11.5 Å². The molecule has 1 aliphatic rings. The summed E-state index contributed by atoms with van der Waals surface area (Å²) in [5, 5.41) is 13.9. The van der Waals surface area contributed by atoms with Gasteiger partial charge in [-0.3, -0.25) is 4.79 Å². The largest absolute Gasteiger partial charge is 0.506 e. The maximum atomic E-state index is 11.9. The molecule has 9 heteroatoms. The molecule has 0 spiro atoms. The van der Waals surface area contributed by atoms with Gasteiger partial charge in [0, 0.05) is 20.6 Å². The van der Waals surface area contributed by atoms with E-state index >= 15 is 0 Å². The van der Waals surface area contributed by atoms with Gasteiger partial charge in [0.1, 0.15) is 11.5 Å². The number of hydrogen-bond acceptors (Lipinski definition) is 6. The van der Waals surface area contributed by atoms with E-state index in [2.05, 4.69) is 33.1 Å². The predicted octanol–water partition coefficient (Wildman–Crippen LogP) is 4.61. The molecule has 0 saturated carbocycles. The van der Waals surface area contributed by atoms with Gasteiger partial charge < -0.3 is 9.84 Å². The molecule has 1 aliphatic heterocycles. The molecule has 1 fully saturated rings. The Kier molecular flexibility index (Phi) is 7.97. The molecule has 2 N–H and O–H groups in total. The van der Waals surface area contributed by atoms with Gasteiger partial charge in [0.25, 0.3) is 5.91 Å². The molecule has 1 amide bonds. The molecule has 5 nitrogen and oxygen atoms in total. The van der Waals surface area contributed by atoms with Crippen LogP contribution in [0.3, 0.4) is 0 Å². The Morgan fingerprint density at radius 2 is 1.96 bits per heavy atom. The number of benzene rings is 2. The topological polar surface area (TPSA) is 70.9 Å². The molecule has 0 aromatic heterocycles. The van der Waals surface area contributed by atoms with Crippen molar-refractivity contribution in [2.45, 2.75) is 4.58 Å². The zero-order valence-electron chi connectivity index (χ0n) is 14.0. The van der Waals surface area contributed by atoms with Crippen LogP contribution in [0.5, 0.6) is 11.5 Å². The Balaban J connectivity index is 1.48. The van der Waals surface area contributed by atoms with Crippen LogP contribution in [0.2, 0.25) is 0 Å². The van der Waals surface area contributed by atoms with Gasteiger partial charge in [-0.05, 0) is 75.0 Å². The van der Waals surface area contributed by atoms with E-state index in [1.165, 1.54) is 23.3 Å². The number of phenolic OH excluding ortho intramolecular Hbond substituents is 1. The number of nitrogens with zero attached hydrogens (tertiary/aromatic N) is 1. The molecule has 142 valence electrons. The van der Waals surface area contributed by atoms with Crippen molar-refractivity contribution in [3.05, 3.63) is 54.7 Å². The molecular formula is C18H16I2N2O3S2. The van der Waals surface area contributed by atoms with E-state index in [1.807, 2.05) is 76.4 Å². The van der Waals surface area contributed by atoms with Crippen LogP contribution < -0.4 is 10.2 Å². The van der Waals surface area contributed by atoms with Crippen LogP contribution >= 0.6 is 68.7 Å². The number of aromatic hydroxyl groups is 1. The zero-order chi connectivity index (χ0) is 19.2. The molecular weight excluding hydrogens is 610 g/mol. The van der Waals surface area contributed by atoms with Crippen LogP contribution in [0.4, 0.5) is 0 Å². The van der Waals surface area contributed by atoms with Crippen molar-refractivity contribution in [1.82, 2.24) is 5.43 Å². The summed E-state index contributed by atoms with van der Waals surface area (Å²) in [7, 11) is 0.